The van der Waals surface area contributed by atoms with E-state index >= 15 is 0 Å². The van der Waals surface area contributed by atoms with Crippen LogP contribution in [0.4, 0.5) is 0 Å². The number of nitrogens with one attached hydrogen (secondary N) is 2. The molecule has 22 heavy (non-hydrogen) atoms. The SMILES string of the molecule is COc1ccc(C(=O)NCC(=O)NC2CCCCC2)cc1Br. The van der Waals surface area contributed by atoms with Crippen LogP contribution in [-0.4, -0.2) is 31.5 Å². The van der Waals surface area contributed by atoms with Crippen LogP contribution in [0.25, 0.3) is 0 Å². The van der Waals surface area contributed by atoms with Gasteiger partial charge in [0.2, 0.25) is 5.91 Å². The van der Waals surface area contributed by atoms with E-state index in [1.807, 2.05) is 0 Å². The molecule has 0 unspecified atom stereocenters. The zero-order valence-corrected chi connectivity index (χ0v) is 14.2. The Morgan fingerprint density at radius 3 is 2.64 bits per heavy atom. The molecule has 0 bridgehead atoms. The summed E-state index contributed by atoms with van der Waals surface area (Å²) in [4.78, 5) is 23.9. The maximum atomic E-state index is 12.0. The van der Waals surface area contributed by atoms with E-state index in [9.17, 15) is 9.59 Å². The van der Waals surface area contributed by atoms with Gasteiger partial charge >= 0.3 is 0 Å². The van der Waals surface area contributed by atoms with Crippen molar-refractivity contribution in [1.29, 1.82) is 0 Å². The minimum absolute atomic E-state index is 0.00101. The predicted molar refractivity (Wildman–Crippen MR) is 88.0 cm³/mol. The molecule has 1 saturated carbocycles. The third kappa shape index (κ3) is 4.73. The summed E-state index contributed by atoms with van der Waals surface area (Å²) in [6.45, 7) is -0.00101. The molecule has 1 fully saturated rings. The quantitative estimate of drug-likeness (QED) is 0.839. The van der Waals surface area contributed by atoms with Crippen molar-refractivity contribution in [2.24, 2.45) is 0 Å². The molecule has 0 radical (unpaired) electrons. The zero-order valence-electron chi connectivity index (χ0n) is 12.7. The Balaban J connectivity index is 1.81. The van der Waals surface area contributed by atoms with Gasteiger partial charge in [0.05, 0.1) is 18.1 Å². The van der Waals surface area contributed by atoms with Crippen LogP contribution in [0, 0.1) is 0 Å². The number of carbonyl (C=O) groups excluding carboxylic acids is 2. The Morgan fingerprint density at radius 2 is 2.00 bits per heavy atom. The van der Waals surface area contributed by atoms with Gasteiger partial charge in [0.1, 0.15) is 5.75 Å². The predicted octanol–water partition coefficient (Wildman–Crippen LogP) is 2.64. The second kappa shape index (κ2) is 8.17. The molecule has 0 saturated heterocycles. The molecule has 2 N–H and O–H groups in total. The zero-order chi connectivity index (χ0) is 15.9. The fourth-order valence-corrected chi connectivity index (χ4v) is 3.14. The van der Waals surface area contributed by atoms with E-state index < -0.39 is 0 Å². The van der Waals surface area contributed by atoms with Crippen molar-refractivity contribution in [3.63, 3.8) is 0 Å². The number of carbonyl (C=O) groups is 2. The summed E-state index contributed by atoms with van der Waals surface area (Å²) in [7, 11) is 1.56. The minimum atomic E-state index is -0.276. The first-order valence-electron chi connectivity index (χ1n) is 7.51. The number of rotatable bonds is 5. The van der Waals surface area contributed by atoms with Crippen molar-refractivity contribution in [2.75, 3.05) is 13.7 Å². The summed E-state index contributed by atoms with van der Waals surface area (Å²) in [5.41, 5.74) is 0.484. The van der Waals surface area contributed by atoms with E-state index in [2.05, 4.69) is 26.6 Å². The molecule has 1 aromatic rings. The maximum Gasteiger partial charge on any atom is 0.251 e. The third-order valence-electron chi connectivity index (χ3n) is 3.79. The van der Waals surface area contributed by atoms with Gasteiger partial charge in [0, 0.05) is 11.6 Å². The van der Waals surface area contributed by atoms with Crippen molar-refractivity contribution in [3.05, 3.63) is 28.2 Å². The molecule has 1 aliphatic carbocycles. The summed E-state index contributed by atoms with van der Waals surface area (Å²) < 4.78 is 5.82. The molecule has 0 aliphatic heterocycles. The maximum absolute atomic E-state index is 12.0. The van der Waals surface area contributed by atoms with Gasteiger partial charge in [-0.2, -0.15) is 0 Å². The van der Waals surface area contributed by atoms with Gasteiger partial charge in [0.25, 0.3) is 5.91 Å². The minimum Gasteiger partial charge on any atom is -0.496 e. The molecule has 0 heterocycles. The molecule has 0 aromatic heterocycles. The van der Waals surface area contributed by atoms with Crippen molar-refractivity contribution < 1.29 is 14.3 Å². The first-order valence-corrected chi connectivity index (χ1v) is 8.30. The van der Waals surface area contributed by atoms with Gasteiger partial charge in [-0.3, -0.25) is 9.59 Å². The highest BCUT2D eigenvalue weighted by Gasteiger charge is 2.16. The van der Waals surface area contributed by atoms with Crippen LogP contribution in [0.2, 0.25) is 0 Å². The van der Waals surface area contributed by atoms with Gasteiger partial charge in [-0.05, 0) is 47.0 Å². The van der Waals surface area contributed by atoms with Gasteiger partial charge < -0.3 is 15.4 Å². The van der Waals surface area contributed by atoms with Gasteiger partial charge in [0.15, 0.2) is 0 Å². The van der Waals surface area contributed by atoms with Gasteiger partial charge in [-0.1, -0.05) is 19.3 Å². The highest BCUT2D eigenvalue weighted by atomic mass is 79.9. The summed E-state index contributed by atoms with van der Waals surface area (Å²) in [6.07, 6.45) is 5.64. The van der Waals surface area contributed by atoms with Gasteiger partial charge in [-0.25, -0.2) is 0 Å². The summed E-state index contributed by atoms with van der Waals surface area (Å²) in [5.74, 6) is 0.251. The number of amides is 2. The van der Waals surface area contributed by atoms with Crippen molar-refractivity contribution >= 4 is 27.7 Å². The van der Waals surface area contributed by atoms with Crippen molar-refractivity contribution in [3.8, 4) is 5.75 Å². The lowest BCUT2D eigenvalue weighted by Crippen LogP contribution is -2.42. The average Bonchev–Trinajstić information content (AvgIpc) is 2.53. The lowest BCUT2D eigenvalue weighted by Gasteiger charge is -2.22. The second-order valence-electron chi connectivity index (χ2n) is 5.43. The topological polar surface area (TPSA) is 67.4 Å². The summed E-state index contributed by atoms with van der Waals surface area (Å²) >= 11 is 3.34. The van der Waals surface area contributed by atoms with E-state index in [4.69, 9.17) is 4.74 Å². The number of hydrogen-bond donors (Lipinski definition) is 2. The number of ether oxygens (including phenoxy) is 1. The van der Waals surface area contributed by atoms with Crippen LogP contribution in [-0.2, 0) is 4.79 Å². The Bertz CT molecular complexity index is 542. The van der Waals surface area contributed by atoms with Crippen LogP contribution in [0.5, 0.6) is 5.75 Å². The lowest BCUT2D eigenvalue weighted by molar-refractivity contribution is -0.121. The van der Waals surface area contributed by atoms with E-state index in [0.717, 1.165) is 25.7 Å². The molecule has 2 rings (SSSR count). The average molecular weight is 369 g/mol. The van der Waals surface area contributed by atoms with Crippen LogP contribution in [0.1, 0.15) is 42.5 Å². The fourth-order valence-electron chi connectivity index (χ4n) is 2.60. The number of benzene rings is 1. The number of methoxy groups -OCH3 is 1. The van der Waals surface area contributed by atoms with Crippen LogP contribution < -0.4 is 15.4 Å². The Kier molecular flexibility index (Phi) is 6.24. The monoisotopic (exact) mass is 368 g/mol. The smallest absolute Gasteiger partial charge is 0.251 e. The van der Waals surface area contributed by atoms with E-state index in [1.54, 1.807) is 25.3 Å². The molecular formula is C16H21BrN2O3. The molecule has 1 aliphatic rings. The highest BCUT2D eigenvalue weighted by molar-refractivity contribution is 9.10. The Hall–Kier alpha value is -1.56. The molecule has 2 amide bonds. The molecule has 6 heteroatoms. The molecule has 5 nitrogen and oxygen atoms in total. The summed E-state index contributed by atoms with van der Waals surface area (Å²) in [5, 5.41) is 5.61. The molecule has 0 spiro atoms. The van der Waals surface area contributed by atoms with Crippen LogP contribution >= 0.6 is 15.9 Å². The Morgan fingerprint density at radius 1 is 1.27 bits per heavy atom. The Labute approximate surface area is 138 Å². The molecule has 0 atom stereocenters. The van der Waals surface area contributed by atoms with Crippen LogP contribution in [0.3, 0.4) is 0 Å². The third-order valence-corrected chi connectivity index (χ3v) is 4.41. The second-order valence-corrected chi connectivity index (χ2v) is 6.29. The van der Waals surface area contributed by atoms with E-state index in [-0.39, 0.29) is 24.4 Å². The standard InChI is InChI=1S/C16H21BrN2O3/c1-22-14-8-7-11(9-13(14)17)16(21)18-10-15(20)19-12-5-3-2-4-6-12/h7-9,12H,2-6,10H2,1H3,(H,18,21)(H,19,20). The van der Waals surface area contributed by atoms with Crippen molar-refractivity contribution in [2.45, 2.75) is 38.1 Å². The van der Waals surface area contributed by atoms with E-state index in [1.165, 1.54) is 6.42 Å². The lowest BCUT2D eigenvalue weighted by atomic mass is 9.95. The molecule has 1 aromatic carbocycles. The highest BCUT2D eigenvalue weighted by Crippen LogP contribution is 2.25. The number of halogens is 1. The normalized spacial score (nSPS) is 15.2. The summed E-state index contributed by atoms with van der Waals surface area (Å²) in [6, 6.07) is 5.31. The largest absolute Gasteiger partial charge is 0.496 e. The first kappa shape index (κ1) is 16.8. The van der Waals surface area contributed by atoms with Crippen LogP contribution in [0.15, 0.2) is 22.7 Å². The van der Waals surface area contributed by atoms with Gasteiger partial charge in [-0.15, -0.1) is 0 Å². The van der Waals surface area contributed by atoms with Crippen molar-refractivity contribution in [1.82, 2.24) is 10.6 Å². The fraction of sp³-hybridized carbons (Fsp3) is 0.500. The number of hydrogen-bond acceptors (Lipinski definition) is 3. The molecular weight excluding hydrogens is 348 g/mol. The molecule has 120 valence electrons. The first-order chi connectivity index (χ1) is 10.6. The van der Waals surface area contributed by atoms with E-state index in [0.29, 0.717) is 15.8 Å².